The average Bonchev–Trinajstić information content (AvgIpc) is 2.14. The van der Waals surface area contributed by atoms with E-state index in [0.717, 1.165) is 0 Å². The molecule has 6 nitrogen and oxygen atoms in total. The zero-order valence-corrected chi connectivity index (χ0v) is 8.95. The van der Waals surface area contributed by atoms with Gasteiger partial charge in [0.05, 0.1) is 25.8 Å². The zero-order chi connectivity index (χ0) is 11.7. The van der Waals surface area contributed by atoms with Gasteiger partial charge in [0.15, 0.2) is 0 Å². The molecule has 0 aliphatic heterocycles. The van der Waals surface area contributed by atoms with Gasteiger partial charge in [-0.15, -0.1) is 0 Å². The van der Waals surface area contributed by atoms with Gasteiger partial charge in [-0.2, -0.15) is 5.26 Å². The highest BCUT2D eigenvalue weighted by atomic mass is 16.5. The lowest BCUT2D eigenvalue weighted by molar-refractivity contribution is -0.144. The van der Waals surface area contributed by atoms with E-state index in [2.05, 4.69) is 5.32 Å². The second-order valence-electron chi connectivity index (χ2n) is 2.91. The van der Waals surface area contributed by atoms with Crippen LogP contribution in [0.15, 0.2) is 0 Å². The average molecular weight is 213 g/mol. The molecule has 0 saturated carbocycles. The van der Waals surface area contributed by atoms with Crippen molar-refractivity contribution in [2.45, 2.75) is 6.92 Å². The van der Waals surface area contributed by atoms with Crippen LogP contribution in [0.5, 0.6) is 0 Å². The van der Waals surface area contributed by atoms with Crippen LogP contribution in [0.25, 0.3) is 0 Å². The number of carbonyl (C=O) groups excluding carboxylic acids is 2. The van der Waals surface area contributed by atoms with Crippen molar-refractivity contribution in [2.75, 3.05) is 33.3 Å². The van der Waals surface area contributed by atoms with Crippen molar-refractivity contribution >= 4 is 11.9 Å². The molecule has 0 aliphatic carbocycles. The van der Waals surface area contributed by atoms with Crippen LogP contribution in [0.1, 0.15) is 6.92 Å². The molecule has 0 aliphatic rings. The van der Waals surface area contributed by atoms with Crippen LogP contribution in [-0.2, 0) is 14.3 Å². The fourth-order valence-corrected chi connectivity index (χ4v) is 0.922. The van der Waals surface area contributed by atoms with Gasteiger partial charge in [0.2, 0.25) is 5.91 Å². The summed E-state index contributed by atoms with van der Waals surface area (Å²) in [7, 11) is 1.63. The van der Waals surface area contributed by atoms with E-state index in [1.54, 1.807) is 20.0 Å². The van der Waals surface area contributed by atoms with Gasteiger partial charge < -0.3 is 10.1 Å². The number of nitrogens with zero attached hydrogens (tertiary/aromatic N) is 2. The molecule has 1 N–H and O–H groups in total. The Bertz CT molecular complexity index is 260. The highest BCUT2D eigenvalue weighted by molar-refractivity contribution is 5.79. The number of amides is 1. The highest BCUT2D eigenvalue weighted by Gasteiger charge is 2.10. The summed E-state index contributed by atoms with van der Waals surface area (Å²) in [6.45, 7) is 2.16. The topological polar surface area (TPSA) is 82.4 Å². The van der Waals surface area contributed by atoms with Crippen molar-refractivity contribution in [3.63, 3.8) is 0 Å². The normalized spacial score (nSPS) is 9.47. The minimum atomic E-state index is -0.368. The number of carbonyl (C=O) groups is 2. The standard InChI is InChI=1S/C9H15N3O3/c1-3-15-9(14)7-12(2)6-8(13)11-5-4-10/h3,5-7H2,1-2H3,(H,11,13). The minimum Gasteiger partial charge on any atom is -0.465 e. The van der Waals surface area contributed by atoms with E-state index in [1.165, 1.54) is 4.90 Å². The smallest absolute Gasteiger partial charge is 0.320 e. The fraction of sp³-hybridized carbons (Fsp3) is 0.667. The summed E-state index contributed by atoms with van der Waals surface area (Å²) in [6.07, 6.45) is 0. The molecule has 0 unspecified atom stereocenters. The minimum absolute atomic E-state index is 0.0217. The van der Waals surface area contributed by atoms with Crippen molar-refractivity contribution in [3.05, 3.63) is 0 Å². The first-order valence-electron chi connectivity index (χ1n) is 4.58. The molecule has 0 atom stereocenters. The third-order valence-corrected chi connectivity index (χ3v) is 1.48. The molecule has 0 radical (unpaired) electrons. The van der Waals surface area contributed by atoms with E-state index < -0.39 is 0 Å². The molecule has 0 fully saturated rings. The molecule has 0 rings (SSSR count). The Morgan fingerprint density at radius 3 is 2.67 bits per heavy atom. The predicted octanol–water partition coefficient (Wildman–Crippen LogP) is -0.879. The van der Waals surface area contributed by atoms with E-state index in [0.29, 0.717) is 6.61 Å². The monoisotopic (exact) mass is 213 g/mol. The fourth-order valence-electron chi connectivity index (χ4n) is 0.922. The molecular formula is C9H15N3O3. The zero-order valence-electron chi connectivity index (χ0n) is 8.95. The third kappa shape index (κ3) is 7.46. The van der Waals surface area contributed by atoms with Gasteiger partial charge in [-0.3, -0.25) is 14.5 Å². The Kier molecular flexibility index (Phi) is 6.93. The summed E-state index contributed by atoms with van der Waals surface area (Å²) >= 11 is 0. The number of nitriles is 1. The quantitative estimate of drug-likeness (QED) is 0.457. The molecule has 1 amide bonds. The second-order valence-corrected chi connectivity index (χ2v) is 2.91. The maximum absolute atomic E-state index is 11.1. The van der Waals surface area contributed by atoms with Crippen molar-refractivity contribution < 1.29 is 14.3 Å². The molecule has 0 saturated heterocycles. The molecule has 84 valence electrons. The first-order chi connectivity index (χ1) is 7.10. The summed E-state index contributed by atoms with van der Waals surface area (Å²) in [5.74, 6) is -0.656. The van der Waals surface area contributed by atoms with Gasteiger partial charge in [-0.1, -0.05) is 0 Å². The molecule has 0 bridgehead atoms. The van der Waals surface area contributed by atoms with Crippen LogP contribution < -0.4 is 5.32 Å². The van der Waals surface area contributed by atoms with Crippen LogP contribution in [0, 0.1) is 11.3 Å². The largest absolute Gasteiger partial charge is 0.465 e. The molecule has 0 aromatic carbocycles. The van der Waals surface area contributed by atoms with Crippen molar-refractivity contribution in [1.29, 1.82) is 5.26 Å². The lowest BCUT2D eigenvalue weighted by Crippen LogP contribution is -2.38. The maximum Gasteiger partial charge on any atom is 0.320 e. The molecule has 15 heavy (non-hydrogen) atoms. The first-order valence-corrected chi connectivity index (χ1v) is 4.58. The van der Waals surface area contributed by atoms with E-state index in [4.69, 9.17) is 10.00 Å². The number of esters is 1. The summed E-state index contributed by atoms with van der Waals surface area (Å²) in [6, 6.07) is 1.79. The number of nitrogens with one attached hydrogen (secondary N) is 1. The van der Waals surface area contributed by atoms with Crippen LogP contribution in [0.3, 0.4) is 0 Å². The predicted molar refractivity (Wildman–Crippen MR) is 52.8 cm³/mol. The molecule has 0 aromatic heterocycles. The Labute approximate surface area is 88.8 Å². The van der Waals surface area contributed by atoms with Crippen molar-refractivity contribution in [2.24, 2.45) is 0 Å². The molecule has 0 aromatic rings. The summed E-state index contributed by atoms with van der Waals surface area (Å²) in [4.78, 5) is 23.6. The van der Waals surface area contributed by atoms with Gasteiger partial charge in [0.25, 0.3) is 0 Å². The van der Waals surface area contributed by atoms with E-state index in [1.807, 2.05) is 0 Å². The summed E-state index contributed by atoms with van der Waals surface area (Å²) in [5.41, 5.74) is 0. The number of ether oxygens (including phenoxy) is 1. The number of likely N-dealkylation sites (N-methyl/N-ethyl adjacent to an activating group) is 1. The van der Waals surface area contributed by atoms with Crippen LogP contribution in [0.4, 0.5) is 0 Å². The van der Waals surface area contributed by atoms with E-state index in [-0.39, 0.29) is 31.5 Å². The van der Waals surface area contributed by atoms with Gasteiger partial charge in [0, 0.05) is 0 Å². The van der Waals surface area contributed by atoms with E-state index >= 15 is 0 Å². The number of hydrogen-bond acceptors (Lipinski definition) is 5. The molecular weight excluding hydrogens is 198 g/mol. The molecule has 0 heterocycles. The SMILES string of the molecule is CCOC(=O)CN(C)CC(=O)NCC#N. The molecule has 6 heteroatoms. The summed E-state index contributed by atoms with van der Waals surface area (Å²) < 4.78 is 4.71. The first kappa shape index (κ1) is 13.4. The molecule has 0 spiro atoms. The lowest BCUT2D eigenvalue weighted by Gasteiger charge is -2.14. The lowest BCUT2D eigenvalue weighted by atomic mass is 10.4. The van der Waals surface area contributed by atoms with Gasteiger partial charge >= 0.3 is 5.97 Å². The van der Waals surface area contributed by atoms with Crippen molar-refractivity contribution in [3.8, 4) is 6.07 Å². The van der Waals surface area contributed by atoms with Crippen LogP contribution in [-0.4, -0.2) is 50.1 Å². The van der Waals surface area contributed by atoms with Crippen LogP contribution >= 0.6 is 0 Å². The number of hydrogen-bond donors (Lipinski definition) is 1. The summed E-state index contributed by atoms with van der Waals surface area (Å²) in [5, 5.41) is 10.6. The Morgan fingerprint density at radius 1 is 1.47 bits per heavy atom. The number of rotatable bonds is 6. The Morgan fingerprint density at radius 2 is 2.13 bits per heavy atom. The van der Waals surface area contributed by atoms with Gasteiger partial charge in [-0.25, -0.2) is 0 Å². The van der Waals surface area contributed by atoms with Gasteiger partial charge in [-0.05, 0) is 14.0 Å². The third-order valence-electron chi connectivity index (χ3n) is 1.48. The Balaban J connectivity index is 3.73. The highest BCUT2D eigenvalue weighted by Crippen LogP contribution is 1.85. The second kappa shape index (κ2) is 7.76. The Hall–Kier alpha value is -1.61. The van der Waals surface area contributed by atoms with Crippen LogP contribution in [0.2, 0.25) is 0 Å². The van der Waals surface area contributed by atoms with E-state index in [9.17, 15) is 9.59 Å². The maximum atomic E-state index is 11.1. The van der Waals surface area contributed by atoms with Crippen molar-refractivity contribution in [1.82, 2.24) is 10.2 Å². The van der Waals surface area contributed by atoms with Gasteiger partial charge in [0.1, 0.15) is 6.54 Å².